The molecule has 0 saturated heterocycles. The molecule has 17 heteroatoms. The van der Waals surface area contributed by atoms with Gasteiger partial charge in [0.1, 0.15) is 0 Å². The average Bonchev–Trinajstić information content (AvgIpc) is 2.66. The predicted molar refractivity (Wildman–Crippen MR) is 102 cm³/mol. The molecule has 0 aromatic heterocycles. The highest BCUT2D eigenvalue weighted by molar-refractivity contribution is 14.1. The van der Waals surface area contributed by atoms with Gasteiger partial charge in [0.25, 0.3) is 0 Å². The van der Waals surface area contributed by atoms with Crippen LogP contribution in [0, 0.1) is 0 Å². The zero-order chi connectivity index (χ0) is 27.0. The van der Waals surface area contributed by atoms with Crippen LogP contribution in [0.5, 0.6) is 0 Å². The summed E-state index contributed by atoms with van der Waals surface area (Å²) in [4.78, 5) is 11.7. The molecule has 2 nitrogen and oxygen atoms in total. The number of benzene rings is 1. The minimum atomic E-state index is -7.95. The van der Waals surface area contributed by atoms with Gasteiger partial charge in [-0.25, -0.2) is 4.79 Å². The van der Waals surface area contributed by atoms with Crippen LogP contribution in [-0.2, 0) is 4.74 Å². The minimum Gasteiger partial charge on any atom is -0.462 e. The van der Waals surface area contributed by atoms with Gasteiger partial charge in [-0.3, -0.25) is 0 Å². The second kappa shape index (κ2) is 10.0. The smallest absolute Gasteiger partial charge is 0.460 e. The molecular weight excluding hydrogens is 690 g/mol. The summed E-state index contributed by atoms with van der Waals surface area (Å²) in [5.41, 5.74) is -0.0356. The van der Waals surface area contributed by atoms with Crippen LogP contribution in [0.3, 0.4) is 0 Å². The molecule has 1 rings (SSSR count). The molecular formula is C17H9BrF13IO2. The van der Waals surface area contributed by atoms with Crippen LogP contribution in [-0.4, -0.2) is 48.4 Å². The van der Waals surface area contributed by atoms with Crippen LogP contribution in [0.4, 0.5) is 57.1 Å². The third-order valence-electron chi connectivity index (χ3n) is 3.95. The van der Waals surface area contributed by atoms with E-state index in [4.69, 9.17) is 0 Å². The molecule has 0 atom stereocenters. The quantitative estimate of drug-likeness (QED) is 0.148. The van der Waals surface area contributed by atoms with Gasteiger partial charge in [-0.05, 0) is 50.4 Å². The van der Waals surface area contributed by atoms with Crippen LogP contribution in [0.25, 0.3) is 0 Å². The van der Waals surface area contributed by atoms with Gasteiger partial charge in [-0.1, -0.05) is 15.9 Å². The molecule has 194 valence electrons. The molecule has 34 heavy (non-hydrogen) atoms. The fraction of sp³-hybridized carbons (Fsp3) is 0.471. The fourth-order valence-electron chi connectivity index (χ4n) is 2.05. The summed E-state index contributed by atoms with van der Waals surface area (Å²) in [5, 5.41) is 0. The van der Waals surface area contributed by atoms with Crippen molar-refractivity contribution in [2.75, 3.05) is 6.61 Å². The third-order valence-corrected chi connectivity index (χ3v) is 5.33. The lowest BCUT2D eigenvalue weighted by molar-refractivity contribution is -0.436. The largest absolute Gasteiger partial charge is 0.462 e. The fourth-order valence-corrected chi connectivity index (χ4v) is 2.93. The van der Waals surface area contributed by atoms with Gasteiger partial charge in [0.05, 0.1) is 12.2 Å². The van der Waals surface area contributed by atoms with E-state index >= 15 is 0 Å². The van der Waals surface area contributed by atoms with Gasteiger partial charge >= 0.3 is 41.8 Å². The Bertz CT molecular complexity index is 911. The van der Waals surface area contributed by atoms with Gasteiger partial charge in [0, 0.05) is 17.0 Å². The summed E-state index contributed by atoms with van der Waals surface area (Å²) in [6, 6.07) is 5.37. The number of rotatable bonds is 9. The maximum Gasteiger partial charge on any atom is 0.460 e. The van der Waals surface area contributed by atoms with E-state index in [-0.39, 0.29) is 5.56 Å². The summed E-state index contributed by atoms with van der Waals surface area (Å²) in [6.45, 7) is -0.802. The topological polar surface area (TPSA) is 26.3 Å². The molecule has 0 aliphatic heterocycles. The number of carbonyl (C=O) groups is 1. The van der Waals surface area contributed by atoms with Crippen molar-refractivity contribution in [1.82, 2.24) is 0 Å². The summed E-state index contributed by atoms with van der Waals surface area (Å²) in [6.07, 6.45) is -9.35. The van der Waals surface area contributed by atoms with Crippen molar-refractivity contribution in [3.63, 3.8) is 0 Å². The molecule has 0 spiro atoms. The van der Waals surface area contributed by atoms with Crippen LogP contribution in [0.2, 0.25) is 0 Å². The highest BCUT2D eigenvalue weighted by Gasteiger charge is 2.90. The minimum absolute atomic E-state index is 0.0356. The number of esters is 1. The third kappa shape index (κ3) is 5.75. The number of allylic oxidation sites excluding steroid dienone is 1. The van der Waals surface area contributed by atoms with Gasteiger partial charge in [-0.2, -0.15) is 57.1 Å². The van der Waals surface area contributed by atoms with Crippen LogP contribution in [0.1, 0.15) is 16.8 Å². The summed E-state index contributed by atoms with van der Waals surface area (Å²) in [7, 11) is 0. The Kier molecular flexibility index (Phi) is 9.05. The number of halogens is 15. The lowest BCUT2D eigenvalue weighted by Gasteiger charge is -2.39. The molecule has 0 aliphatic carbocycles. The number of hydrogen-bond acceptors (Lipinski definition) is 2. The average molecular weight is 699 g/mol. The molecule has 0 bridgehead atoms. The molecule has 0 amide bonds. The first-order valence-electron chi connectivity index (χ1n) is 8.28. The first-order valence-corrected chi connectivity index (χ1v) is 10.2. The van der Waals surface area contributed by atoms with E-state index in [9.17, 15) is 61.9 Å². The first kappa shape index (κ1) is 30.8. The van der Waals surface area contributed by atoms with E-state index in [1.54, 1.807) is 0 Å². The van der Waals surface area contributed by atoms with E-state index in [2.05, 4.69) is 20.7 Å². The monoisotopic (exact) mass is 698 g/mol. The van der Waals surface area contributed by atoms with Gasteiger partial charge in [0.2, 0.25) is 0 Å². The van der Waals surface area contributed by atoms with Crippen molar-refractivity contribution < 1.29 is 66.6 Å². The van der Waals surface area contributed by atoms with E-state index in [0.717, 1.165) is 22.6 Å². The van der Waals surface area contributed by atoms with Crippen molar-refractivity contribution in [1.29, 1.82) is 0 Å². The lowest BCUT2D eigenvalue weighted by Crippen LogP contribution is -2.69. The van der Waals surface area contributed by atoms with Crippen LogP contribution < -0.4 is 0 Å². The second-order valence-electron chi connectivity index (χ2n) is 6.40. The lowest BCUT2D eigenvalue weighted by atomic mass is 9.93. The number of carbonyl (C=O) groups excluding carboxylic acids is 1. The summed E-state index contributed by atoms with van der Waals surface area (Å²) < 4.78 is 174. The molecule has 0 radical (unpaired) electrons. The van der Waals surface area contributed by atoms with E-state index in [0.29, 0.717) is 4.47 Å². The van der Waals surface area contributed by atoms with Crippen molar-refractivity contribution in [3.8, 4) is 0 Å². The molecule has 0 N–H and O–H groups in total. The van der Waals surface area contributed by atoms with E-state index < -0.39 is 64.4 Å². The predicted octanol–water partition coefficient (Wildman–Crippen LogP) is 8.05. The molecule has 0 heterocycles. The second-order valence-corrected chi connectivity index (χ2v) is 8.70. The molecule has 0 unspecified atom stereocenters. The van der Waals surface area contributed by atoms with Crippen LogP contribution in [0.15, 0.2) is 38.4 Å². The molecule has 0 fully saturated rings. The van der Waals surface area contributed by atoms with E-state index in [1.807, 2.05) is 0 Å². The molecule has 0 aliphatic rings. The van der Waals surface area contributed by atoms with Gasteiger partial charge in [0.15, 0.2) is 0 Å². The summed E-state index contributed by atoms with van der Waals surface area (Å²) in [5.74, 6) is -38.3. The van der Waals surface area contributed by atoms with Gasteiger partial charge < -0.3 is 4.74 Å². The summed E-state index contributed by atoms with van der Waals surface area (Å²) >= 11 is 3.91. The Labute approximate surface area is 203 Å². The molecule has 1 aromatic carbocycles. The highest BCUT2D eigenvalue weighted by Crippen LogP contribution is 2.60. The van der Waals surface area contributed by atoms with Gasteiger partial charge in [-0.15, -0.1) is 0 Å². The first-order chi connectivity index (χ1) is 15.0. The normalized spacial score (nSPS) is 14.9. The molecule has 1 aromatic rings. The number of hydrogen-bond donors (Lipinski definition) is 0. The number of alkyl halides is 13. The van der Waals surface area contributed by atoms with Crippen LogP contribution >= 0.6 is 38.5 Å². The Balaban J connectivity index is 3.06. The zero-order valence-corrected chi connectivity index (χ0v) is 19.5. The van der Waals surface area contributed by atoms with Crippen molar-refractivity contribution >= 4 is 44.5 Å². The standard InChI is InChI=1S/C17H9BrF13IO2/c18-9-3-1-8(2-4-9)11(33)34-6-5-10(32)7-12(19,20)13(21,22)14(23,24)15(25,26)16(27,28)17(29,30)31/h1-4,7H,5-6H2/b10-7+. The highest BCUT2D eigenvalue weighted by atomic mass is 127. The Hall–Kier alpha value is -1.27. The Morgan fingerprint density at radius 1 is 0.794 bits per heavy atom. The van der Waals surface area contributed by atoms with Crippen molar-refractivity contribution in [3.05, 3.63) is 44.0 Å². The number of ether oxygens (including phenoxy) is 1. The van der Waals surface area contributed by atoms with E-state index in [1.165, 1.54) is 24.3 Å². The van der Waals surface area contributed by atoms with Crippen molar-refractivity contribution in [2.45, 2.75) is 42.2 Å². The zero-order valence-electron chi connectivity index (χ0n) is 15.8. The SMILES string of the molecule is O=C(OCC/C(I)=C\C(F)(F)C(F)(F)C(F)(F)C(F)(F)C(F)(F)C(F)(F)F)c1ccc(Br)cc1. The van der Waals surface area contributed by atoms with Crippen molar-refractivity contribution in [2.24, 2.45) is 0 Å². The molecule has 0 saturated carbocycles. The maximum absolute atomic E-state index is 13.8. The maximum atomic E-state index is 13.8. The Morgan fingerprint density at radius 2 is 1.24 bits per heavy atom. The Morgan fingerprint density at radius 3 is 1.68 bits per heavy atom.